The molecule has 0 aliphatic rings. The van der Waals surface area contributed by atoms with Crippen LogP contribution in [0.2, 0.25) is 0 Å². The molecule has 0 atom stereocenters. The lowest BCUT2D eigenvalue weighted by Crippen LogP contribution is -2.25. The number of nitrogens with one attached hydrogen (secondary N) is 2. The van der Waals surface area contributed by atoms with Crippen molar-refractivity contribution in [2.24, 2.45) is 0 Å². The molecule has 26 heavy (non-hydrogen) atoms. The van der Waals surface area contributed by atoms with Crippen LogP contribution in [0, 0.1) is 0 Å². The van der Waals surface area contributed by atoms with Gasteiger partial charge in [-0.2, -0.15) is 0 Å². The average molecular weight is 372 g/mol. The Hall–Kier alpha value is -2.47. The highest BCUT2D eigenvalue weighted by atomic mass is 32.2. The largest absolute Gasteiger partial charge is 0.494 e. The molecule has 5 nitrogen and oxygen atoms in total. The van der Waals surface area contributed by atoms with Crippen LogP contribution < -0.4 is 15.4 Å². The first-order valence-electron chi connectivity index (χ1n) is 8.62. The highest BCUT2D eigenvalue weighted by Gasteiger charge is 2.07. The number of rotatable bonds is 9. The van der Waals surface area contributed by atoms with E-state index in [0.29, 0.717) is 31.0 Å². The van der Waals surface area contributed by atoms with Crippen LogP contribution in [0.4, 0.5) is 0 Å². The molecule has 0 saturated carbocycles. The molecule has 0 spiro atoms. The summed E-state index contributed by atoms with van der Waals surface area (Å²) in [5.74, 6) is 1.01. The van der Waals surface area contributed by atoms with E-state index < -0.39 is 0 Å². The molecule has 6 heteroatoms. The van der Waals surface area contributed by atoms with Crippen molar-refractivity contribution in [3.8, 4) is 5.75 Å². The fraction of sp³-hybridized carbons (Fsp3) is 0.300. The quantitative estimate of drug-likeness (QED) is 0.663. The summed E-state index contributed by atoms with van der Waals surface area (Å²) in [6, 6.07) is 15.0. The lowest BCUT2D eigenvalue weighted by Gasteiger charge is -2.08. The number of ether oxygens (including phenoxy) is 1. The second-order valence-electron chi connectivity index (χ2n) is 5.53. The number of carbonyl (C=O) groups excluding carboxylic acids is 2. The summed E-state index contributed by atoms with van der Waals surface area (Å²) in [5.41, 5.74) is 1.50. The lowest BCUT2D eigenvalue weighted by molar-refractivity contribution is -0.118. The summed E-state index contributed by atoms with van der Waals surface area (Å²) in [4.78, 5) is 24.9. The van der Waals surface area contributed by atoms with Crippen LogP contribution in [-0.4, -0.2) is 30.7 Å². The van der Waals surface area contributed by atoms with E-state index in [4.69, 9.17) is 4.74 Å². The van der Waals surface area contributed by atoms with E-state index in [0.717, 1.165) is 16.2 Å². The van der Waals surface area contributed by atoms with Gasteiger partial charge in [-0.1, -0.05) is 12.1 Å². The average Bonchev–Trinajstić information content (AvgIpc) is 2.66. The fourth-order valence-electron chi connectivity index (χ4n) is 2.28. The second kappa shape index (κ2) is 10.5. The van der Waals surface area contributed by atoms with Crippen molar-refractivity contribution in [2.45, 2.75) is 25.3 Å². The molecule has 138 valence electrons. The minimum atomic E-state index is -0.105. The summed E-state index contributed by atoms with van der Waals surface area (Å²) in [5, 5.41) is 5.65. The van der Waals surface area contributed by atoms with Gasteiger partial charge in [0.2, 0.25) is 5.91 Å². The van der Waals surface area contributed by atoms with E-state index in [-0.39, 0.29) is 11.8 Å². The number of hydrogen-bond acceptors (Lipinski definition) is 4. The predicted molar refractivity (Wildman–Crippen MR) is 105 cm³/mol. The van der Waals surface area contributed by atoms with Crippen molar-refractivity contribution < 1.29 is 14.3 Å². The Morgan fingerprint density at radius 1 is 1.04 bits per heavy atom. The van der Waals surface area contributed by atoms with Gasteiger partial charge >= 0.3 is 0 Å². The van der Waals surface area contributed by atoms with E-state index in [1.54, 1.807) is 12.1 Å². The van der Waals surface area contributed by atoms with Gasteiger partial charge in [0.25, 0.3) is 5.91 Å². The van der Waals surface area contributed by atoms with Crippen LogP contribution in [0.25, 0.3) is 0 Å². The molecule has 0 saturated heterocycles. The van der Waals surface area contributed by atoms with Gasteiger partial charge in [0.15, 0.2) is 0 Å². The molecule has 0 radical (unpaired) electrons. The first kappa shape index (κ1) is 19.8. The fourth-order valence-corrected chi connectivity index (χ4v) is 3.01. The van der Waals surface area contributed by atoms with E-state index >= 15 is 0 Å². The number of hydrogen-bond donors (Lipinski definition) is 2. The number of thioether (sulfide) groups is 1. The SMILES string of the molecule is CCNC(=O)c1cccc(CNC(=O)CSc2ccc(OCC)cc2)c1. The molecule has 2 aromatic carbocycles. The van der Waals surface area contributed by atoms with E-state index in [1.165, 1.54) is 11.8 Å². The van der Waals surface area contributed by atoms with E-state index in [2.05, 4.69) is 10.6 Å². The second-order valence-corrected chi connectivity index (χ2v) is 6.58. The van der Waals surface area contributed by atoms with Crippen molar-refractivity contribution in [3.05, 3.63) is 59.7 Å². The Balaban J connectivity index is 1.79. The maximum atomic E-state index is 12.0. The third-order valence-corrected chi connectivity index (χ3v) is 4.53. The minimum absolute atomic E-state index is 0.0488. The first-order valence-corrected chi connectivity index (χ1v) is 9.60. The van der Waals surface area contributed by atoms with Gasteiger partial charge < -0.3 is 15.4 Å². The maximum Gasteiger partial charge on any atom is 0.251 e. The predicted octanol–water partition coefficient (Wildman–Crippen LogP) is 3.24. The third-order valence-electron chi connectivity index (χ3n) is 3.52. The van der Waals surface area contributed by atoms with Crippen molar-refractivity contribution in [2.75, 3.05) is 18.9 Å². The molecule has 0 aromatic heterocycles. The van der Waals surface area contributed by atoms with Crippen LogP contribution in [0.15, 0.2) is 53.4 Å². The van der Waals surface area contributed by atoms with Gasteiger partial charge in [0.1, 0.15) is 5.75 Å². The van der Waals surface area contributed by atoms with E-state index in [1.807, 2.05) is 50.2 Å². The maximum absolute atomic E-state index is 12.0. The minimum Gasteiger partial charge on any atom is -0.494 e. The van der Waals surface area contributed by atoms with Crippen LogP contribution >= 0.6 is 11.8 Å². The van der Waals surface area contributed by atoms with E-state index in [9.17, 15) is 9.59 Å². The zero-order chi connectivity index (χ0) is 18.8. The Bertz CT molecular complexity index is 732. The summed E-state index contributed by atoms with van der Waals surface area (Å²) in [6.45, 7) is 5.44. The molecular formula is C20H24N2O3S. The van der Waals surface area contributed by atoms with Crippen LogP contribution in [0.3, 0.4) is 0 Å². The number of amides is 2. The number of benzene rings is 2. The lowest BCUT2D eigenvalue weighted by atomic mass is 10.1. The zero-order valence-corrected chi connectivity index (χ0v) is 15.9. The molecule has 2 rings (SSSR count). The van der Waals surface area contributed by atoms with Crippen molar-refractivity contribution in [1.82, 2.24) is 10.6 Å². The van der Waals surface area contributed by atoms with Crippen LogP contribution in [0.5, 0.6) is 5.75 Å². The summed E-state index contributed by atoms with van der Waals surface area (Å²) in [6.07, 6.45) is 0. The van der Waals surface area contributed by atoms with Gasteiger partial charge in [-0.05, 0) is 55.8 Å². The summed E-state index contributed by atoms with van der Waals surface area (Å²) < 4.78 is 5.40. The van der Waals surface area contributed by atoms with Crippen molar-refractivity contribution in [3.63, 3.8) is 0 Å². The van der Waals surface area contributed by atoms with Crippen LogP contribution in [-0.2, 0) is 11.3 Å². The normalized spacial score (nSPS) is 10.2. The Labute approximate surface area is 158 Å². The molecule has 2 N–H and O–H groups in total. The Morgan fingerprint density at radius 3 is 2.50 bits per heavy atom. The molecule has 2 aromatic rings. The molecule has 0 aliphatic heterocycles. The topological polar surface area (TPSA) is 67.4 Å². The molecule has 2 amide bonds. The molecule has 0 unspecified atom stereocenters. The third kappa shape index (κ3) is 6.44. The standard InChI is InChI=1S/C20H24N2O3S/c1-3-21-20(24)16-7-5-6-15(12-16)13-22-19(23)14-26-18-10-8-17(9-11-18)25-4-2/h5-12H,3-4,13-14H2,1-2H3,(H,21,24)(H,22,23). The summed E-state index contributed by atoms with van der Waals surface area (Å²) >= 11 is 1.47. The van der Waals surface area contributed by atoms with Gasteiger partial charge in [-0.3, -0.25) is 9.59 Å². The smallest absolute Gasteiger partial charge is 0.251 e. The molecule has 0 aliphatic carbocycles. The Morgan fingerprint density at radius 2 is 1.81 bits per heavy atom. The highest BCUT2D eigenvalue weighted by Crippen LogP contribution is 2.21. The van der Waals surface area contributed by atoms with Gasteiger partial charge in [0.05, 0.1) is 12.4 Å². The Kier molecular flexibility index (Phi) is 8.02. The monoisotopic (exact) mass is 372 g/mol. The number of carbonyl (C=O) groups is 2. The van der Waals surface area contributed by atoms with Gasteiger partial charge in [-0.25, -0.2) is 0 Å². The highest BCUT2D eigenvalue weighted by molar-refractivity contribution is 8.00. The molecule has 0 fully saturated rings. The molecule has 0 bridgehead atoms. The van der Waals surface area contributed by atoms with Crippen molar-refractivity contribution >= 4 is 23.6 Å². The van der Waals surface area contributed by atoms with Gasteiger partial charge in [-0.15, -0.1) is 11.8 Å². The molecule has 0 heterocycles. The zero-order valence-electron chi connectivity index (χ0n) is 15.1. The summed E-state index contributed by atoms with van der Waals surface area (Å²) in [7, 11) is 0. The van der Waals surface area contributed by atoms with Gasteiger partial charge in [0, 0.05) is 23.5 Å². The molecular weight excluding hydrogens is 348 g/mol. The van der Waals surface area contributed by atoms with Crippen molar-refractivity contribution in [1.29, 1.82) is 0 Å². The van der Waals surface area contributed by atoms with Crippen LogP contribution in [0.1, 0.15) is 29.8 Å². The first-order chi connectivity index (χ1) is 12.6.